The van der Waals surface area contributed by atoms with Crippen LogP contribution < -0.4 is 4.74 Å². The predicted molar refractivity (Wildman–Crippen MR) is 124 cm³/mol. The Hall–Kier alpha value is -3.58. The first-order valence-corrected chi connectivity index (χ1v) is 11.0. The van der Waals surface area contributed by atoms with Crippen molar-refractivity contribution in [2.45, 2.75) is 25.5 Å². The average Bonchev–Trinajstić information content (AvgIpc) is 3.43. The molecule has 2 unspecified atom stereocenters. The van der Waals surface area contributed by atoms with Gasteiger partial charge < -0.3 is 24.0 Å². The molecule has 2 aliphatic heterocycles. The molecule has 1 amide bonds. The number of carbonyl (C=O) groups excluding carboxylic acids is 2. The van der Waals surface area contributed by atoms with Crippen molar-refractivity contribution in [2.24, 2.45) is 7.05 Å². The van der Waals surface area contributed by atoms with Gasteiger partial charge in [-0.3, -0.25) is 9.59 Å². The van der Waals surface area contributed by atoms with Gasteiger partial charge in [0.1, 0.15) is 17.6 Å². The number of ether oxygens (including phenoxy) is 2. The zero-order chi connectivity index (χ0) is 23.3. The maximum atomic E-state index is 13.2. The Bertz CT molecular complexity index is 1310. The molecule has 1 fully saturated rings. The second-order valence-corrected chi connectivity index (χ2v) is 8.65. The molecule has 5 rings (SSSR count). The number of fused-ring (bicyclic) bond motifs is 2. The number of carbonyl (C=O) groups is 2. The lowest BCUT2D eigenvalue weighted by Gasteiger charge is -2.24. The number of methoxy groups -OCH3 is 1. The molecule has 1 saturated heterocycles. The fourth-order valence-electron chi connectivity index (χ4n) is 4.94. The summed E-state index contributed by atoms with van der Waals surface area (Å²) in [5, 5.41) is 12.3. The topological polar surface area (TPSA) is 81.0 Å². The Morgan fingerprint density at radius 2 is 2.00 bits per heavy atom. The summed E-state index contributed by atoms with van der Waals surface area (Å²) in [6, 6.07) is 12.5. The van der Waals surface area contributed by atoms with Crippen LogP contribution in [0.5, 0.6) is 5.75 Å². The van der Waals surface area contributed by atoms with Gasteiger partial charge in [-0.2, -0.15) is 0 Å². The molecular weight excluding hydrogens is 420 g/mol. The van der Waals surface area contributed by atoms with Gasteiger partial charge in [-0.1, -0.05) is 18.2 Å². The molecule has 33 heavy (non-hydrogen) atoms. The van der Waals surface area contributed by atoms with Crippen LogP contribution in [0.3, 0.4) is 0 Å². The van der Waals surface area contributed by atoms with Gasteiger partial charge in [0, 0.05) is 55.3 Å². The first kappa shape index (κ1) is 21.3. The molecule has 170 valence electrons. The largest absolute Gasteiger partial charge is 0.507 e. The van der Waals surface area contributed by atoms with Gasteiger partial charge in [0.15, 0.2) is 0 Å². The van der Waals surface area contributed by atoms with Crippen LogP contribution in [0.15, 0.2) is 54.2 Å². The van der Waals surface area contributed by atoms with Crippen LogP contribution >= 0.6 is 0 Å². The molecule has 3 heterocycles. The summed E-state index contributed by atoms with van der Waals surface area (Å²) >= 11 is 0. The molecule has 1 aromatic heterocycles. The van der Waals surface area contributed by atoms with E-state index < -0.39 is 17.7 Å². The standard InChI is InChI=1S/C26H26N2O5/c1-15-12-17-13-16(8-9-21(17)33-15)24(29)22-23(28(10-11-32-3)26(31)25(22)30)19-14-27(2)20-7-5-4-6-18(19)20/h4-9,13-15,23,29H,10-12H2,1-3H3/b24-22+. The van der Waals surface area contributed by atoms with Crippen molar-refractivity contribution in [1.29, 1.82) is 0 Å². The van der Waals surface area contributed by atoms with Gasteiger partial charge in [0.25, 0.3) is 11.7 Å². The first-order chi connectivity index (χ1) is 15.9. The number of aromatic nitrogens is 1. The van der Waals surface area contributed by atoms with E-state index in [0.717, 1.165) is 34.2 Å². The number of hydrogen-bond donors (Lipinski definition) is 1. The molecular formula is C26H26N2O5. The average molecular weight is 447 g/mol. The van der Waals surface area contributed by atoms with Crippen molar-refractivity contribution in [3.05, 3.63) is 70.9 Å². The Morgan fingerprint density at radius 1 is 1.21 bits per heavy atom. The zero-order valence-corrected chi connectivity index (χ0v) is 18.9. The normalized spacial score (nSPS) is 21.6. The minimum Gasteiger partial charge on any atom is -0.507 e. The SMILES string of the molecule is COCCN1C(=O)C(=O)/C(=C(/O)c2ccc3c(c2)CC(C)O3)C1c1cn(C)c2ccccc12. The number of ketones is 1. The molecule has 0 radical (unpaired) electrons. The van der Waals surface area contributed by atoms with E-state index in [4.69, 9.17) is 9.47 Å². The van der Waals surface area contributed by atoms with E-state index in [0.29, 0.717) is 5.56 Å². The van der Waals surface area contributed by atoms with E-state index in [9.17, 15) is 14.7 Å². The molecule has 2 aliphatic rings. The number of nitrogens with zero attached hydrogens (tertiary/aromatic N) is 2. The monoisotopic (exact) mass is 446 g/mol. The number of likely N-dealkylation sites (tertiary alicyclic amines) is 1. The molecule has 7 nitrogen and oxygen atoms in total. The van der Waals surface area contributed by atoms with Crippen molar-refractivity contribution >= 4 is 28.4 Å². The number of amides is 1. The van der Waals surface area contributed by atoms with Crippen LogP contribution in [-0.4, -0.2) is 52.6 Å². The van der Waals surface area contributed by atoms with Crippen LogP contribution in [0.1, 0.15) is 29.7 Å². The number of benzene rings is 2. The molecule has 2 aromatic carbocycles. The number of Topliss-reactive ketones (excluding diaryl/α,β-unsaturated/α-hetero) is 1. The second kappa shape index (κ2) is 8.08. The summed E-state index contributed by atoms with van der Waals surface area (Å²) < 4.78 is 12.9. The van der Waals surface area contributed by atoms with Crippen molar-refractivity contribution in [2.75, 3.05) is 20.3 Å². The predicted octanol–water partition coefficient (Wildman–Crippen LogP) is 3.57. The molecule has 0 spiro atoms. The highest BCUT2D eigenvalue weighted by atomic mass is 16.5. The van der Waals surface area contributed by atoms with Crippen molar-refractivity contribution in [3.8, 4) is 5.75 Å². The minimum atomic E-state index is -0.713. The first-order valence-electron chi connectivity index (χ1n) is 11.0. The van der Waals surface area contributed by atoms with Crippen LogP contribution in [0.25, 0.3) is 16.7 Å². The summed E-state index contributed by atoms with van der Waals surface area (Å²) in [5.74, 6) is -0.713. The van der Waals surface area contributed by atoms with Crippen LogP contribution in [0.4, 0.5) is 0 Å². The summed E-state index contributed by atoms with van der Waals surface area (Å²) in [4.78, 5) is 27.8. The summed E-state index contributed by atoms with van der Waals surface area (Å²) in [6.45, 7) is 2.51. The molecule has 2 atom stereocenters. The van der Waals surface area contributed by atoms with Crippen LogP contribution in [0, 0.1) is 0 Å². The third-order valence-electron chi connectivity index (χ3n) is 6.47. The number of aliphatic hydroxyl groups excluding tert-OH is 1. The fraction of sp³-hybridized carbons (Fsp3) is 0.308. The maximum absolute atomic E-state index is 13.2. The molecule has 1 N–H and O–H groups in total. The van der Waals surface area contributed by atoms with E-state index in [1.54, 1.807) is 13.2 Å². The summed E-state index contributed by atoms with van der Waals surface area (Å²) in [6.07, 6.45) is 2.71. The Balaban J connectivity index is 1.69. The van der Waals surface area contributed by atoms with E-state index in [2.05, 4.69) is 0 Å². The summed E-state index contributed by atoms with van der Waals surface area (Å²) in [7, 11) is 3.48. The van der Waals surface area contributed by atoms with Crippen molar-refractivity contribution in [3.63, 3.8) is 0 Å². The highest BCUT2D eigenvalue weighted by Crippen LogP contribution is 2.43. The summed E-state index contributed by atoms with van der Waals surface area (Å²) in [5.41, 5.74) is 3.35. The third-order valence-corrected chi connectivity index (χ3v) is 6.47. The van der Waals surface area contributed by atoms with Crippen LogP contribution in [0.2, 0.25) is 0 Å². The van der Waals surface area contributed by atoms with Gasteiger partial charge in [-0.25, -0.2) is 0 Å². The smallest absolute Gasteiger partial charge is 0.295 e. The number of aliphatic hydroxyl groups is 1. The maximum Gasteiger partial charge on any atom is 0.295 e. The van der Waals surface area contributed by atoms with Gasteiger partial charge in [-0.15, -0.1) is 0 Å². The molecule has 7 heteroatoms. The molecule has 0 saturated carbocycles. The highest BCUT2D eigenvalue weighted by molar-refractivity contribution is 6.46. The number of para-hydroxylation sites is 1. The lowest BCUT2D eigenvalue weighted by molar-refractivity contribution is -0.140. The Labute approximate surface area is 191 Å². The van der Waals surface area contributed by atoms with E-state index in [1.807, 2.05) is 61.1 Å². The minimum absolute atomic E-state index is 0.0627. The van der Waals surface area contributed by atoms with Gasteiger partial charge in [0.2, 0.25) is 0 Å². The number of aryl methyl sites for hydroxylation is 1. The van der Waals surface area contributed by atoms with Crippen LogP contribution in [-0.2, 0) is 27.8 Å². The van der Waals surface area contributed by atoms with Gasteiger partial charge in [-0.05, 0) is 36.8 Å². The van der Waals surface area contributed by atoms with E-state index >= 15 is 0 Å². The van der Waals surface area contributed by atoms with Crippen molar-refractivity contribution < 1.29 is 24.2 Å². The van der Waals surface area contributed by atoms with Crippen molar-refractivity contribution in [1.82, 2.24) is 9.47 Å². The zero-order valence-electron chi connectivity index (χ0n) is 18.9. The highest BCUT2D eigenvalue weighted by Gasteiger charge is 2.46. The molecule has 0 aliphatic carbocycles. The second-order valence-electron chi connectivity index (χ2n) is 8.65. The number of hydrogen-bond acceptors (Lipinski definition) is 5. The fourth-order valence-corrected chi connectivity index (χ4v) is 4.94. The lowest BCUT2D eigenvalue weighted by Crippen LogP contribution is -2.32. The van der Waals surface area contributed by atoms with Gasteiger partial charge >= 0.3 is 0 Å². The van der Waals surface area contributed by atoms with E-state index in [1.165, 1.54) is 4.90 Å². The third kappa shape index (κ3) is 3.40. The Morgan fingerprint density at radius 3 is 2.79 bits per heavy atom. The quantitative estimate of drug-likeness (QED) is 0.368. The lowest BCUT2D eigenvalue weighted by atomic mass is 9.94. The molecule has 0 bridgehead atoms. The Kier molecular flexibility index (Phi) is 5.21. The number of rotatable bonds is 5. The molecule has 3 aromatic rings. The van der Waals surface area contributed by atoms with E-state index in [-0.39, 0.29) is 30.6 Å². The van der Waals surface area contributed by atoms with Gasteiger partial charge in [0.05, 0.1) is 18.2 Å².